The van der Waals surface area contributed by atoms with Gasteiger partial charge in [0.2, 0.25) is 0 Å². The molecule has 2 nitrogen and oxygen atoms in total. The summed E-state index contributed by atoms with van der Waals surface area (Å²) in [6.07, 6.45) is 0. The summed E-state index contributed by atoms with van der Waals surface area (Å²) in [5.41, 5.74) is 1.31. The Hall–Kier alpha value is -0.740. The molecule has 1 atom stereocenters. The molecule has 0 saturated heterocycles. The lowest BCUT2D eigenvalue weighted by atomic mass is 10.1. The molecule has 0 aliphatic carbocycles. The van der Waals surface area contributed by atoms with E-state index >= 15 is 0 Å². The molecular weight excluding hydrogens is 179 g/mol. The van der Waals surface area contributed by atoms with Crippen LogP contribution < -0.4 is 0 Å². The zero-order valence-corrected chi connectivity index (χ0v) is 7.36. The zero-order valence-electron chi connectivity index (χ0n) is 6.54. The first-order chi connectivity index (χ1) is 5.59. The van der Waals surface area contributed by atoms with E-state index in [2.05, 4.69) is 0 Å². The Balaban J connectivity index is 2.97. The van der Waals surface area contributed by atoms with Crippen LogP contribution in [0, 0.1) is 12.7 Å². The van der Waals surface area contributed by atoms with Gasteiger partial charge in [0.1, 0.15) is 5.82 Å². The molecule has 12 heavy (non-hydrogen) atoms. The normalized spacial score (nSPS) is 12.9. The van der Waals surface area contributed by atoms with Crippen molar-refractivity contribution in [3.05, 3.63) is 35.1 Å². The second-order valence-electron chi connectivity index (χ2n) is 2.52. The Morgan fingerprint density at radius 3 is 2.83 bits per heavy atom. The second kappa shape index (κ2) is 3.78. The minimum absolute atomic E-state index is 0.121. The van der Waals surface area contributed by atoms with E-state index in [0.29, 0.717) is 5.56 Å². The molecule has 0 amide bonds. The molecule has 0 saturated carbocycles. The van der Waals surface area contributed by atoms with Crippen LogP contribution in [0.4, 0.5) is 4.39 Å². The van der Waals surface area contributed by atoms with Crippen LogP contribution in [-0.4, -0.2) is 8.76 Å². The summed E-state index contributed by atoms with van der Waals surface area (Å²) in [6, 6.07) is 4.12. The van der Waals surface area contributed by atoms with Crippen LogP contribution in [-0.2, 0) is 16.8 Å². The first-order valence-corrected chi connectivity index (χ1v) is 4.65. The molecule has 0 aromatic heterocycles. The van der Waals surface area contributed by atoms with Gasteiger partial charge in [-0.25, -0.2) is 4.39 Å². The van der Waals surface area contributed by atoms with Crippen LogP contribution in [0.1, 0.15) is 11.1 Å². The third kappa shape index (κ3) is 2.39. The van der Waals surface area contributed by atoms with E-state index in [1.807, 2.05) is 0 Å². The van der Waals surface area contributed by atoms with Gasteiger partial charge in [0.05, 0.1) is 0 Å². The van der Waals surface area contributed by atoms with Crippen molar-refractivity contribution in [2.75, 3.05) is 0 Å². The zero-order chi connectivity index (χ0) is 9.14. The molecule has 0 bridgehead atoms. The van der Waals surface area contributed by atoms with Gasteiger partial charge in [0.25, 0.3) is 0 Å². The highest BCUT2D eigenvalue weighted by Crippen LogP contribution is 2.11. The van der Waals surface area contributed by atoms with E-state index < -0.39 is 16.9 Å². The lowest BCUT2D eigenvalue weighted by Gasteiger charge is -2.07. The smallest absolute Gasteiger partial charge is 0.123 e. The summed E-state index contributed by atoms with van der Waals surface area (Å²) in [7, 11) is 0. The number of hydrogen-bond donors (Lipinski definition) is 0. The van der Waals surface area contributed by atoms with Crippen molar-refractivity contribution in [3.8, 4) is 0 Å². The molecule has 1 aromatic carbocycles. The van der Waals surface area contributed by atoms with Crippen LogP contribution in [0.25, 0.3) is 0 Å². The molecule has 0 spiro atoms. The lowest BCUT2D eigenvalue weighted by molar-refractivity contribution is 0.536. The number of halogens is 1. The van der Waals surface area contributed by atoms with E-state index in [1.54, 1.807) is 13.0 Å². The fraction of sp³-hybridized carbons (Fsp3) is 0.250. The Morgan fingerprint density at radius 2 is 2.25 bits per heavy atom. The minimum Gasteiger partial charge on any atom is -0.772 e. The summed E-state index contributed by atoms with van der Waals surface area (Å²) in [5.74, 6) is -0.523. The van der Waals surface area contributed by atoms with E-state index in [-0.39, 0.29) is 5.75 Å². The third-order valence-electron chi connectivity index (χ3n) is 1.58. The average Bonchev–Trinajstić information content (AvgIpc) is 1.96. The van der Waals surface area contributed by atoms with Gasteiger partial charge in [0, 0.05) is 5.75 Å². The highest BCUT2D eigenvalue weighted by atomic mass is 32.2. The number of hydrogen-bond acceptors (Lipinski definition) is 2. The largest absolute Gasteiger partial charge is 0.772 e. The molecule has 1 unspecified atom stereocenters. The number of benzene rings is 1. The van der Waals surface area contributed by atoms with Crippen molar-refractivity contribution in [3.63, 3.8) is 0 Å². The number of aryl methyl sites for hydroxylation is 1. The molecular formula is C8H8FO2S-. The van der Waals surface area contributed by atoms with E-state index in [0.717, 1.165) is 5.56 Å². The molecule has 0 fully saturated rings. The first-order valence-electron chi connectivity index (χ1n) is 3.40. The molecule has 4 heteroatoms. The summed E-state index contributed by atoms with van der Waals surface area (Å²) in [6.45, 7) is 1.75. The van der Waals surface area contributed by atoms with Crippen molar-refractivity contribution in [2.24, 2.45) is 0 Å². The Bertz CT molecular complexity index is 312. The van der Waals surface area contributed by atoms with Crippen molar-refractivity contribution < 1.29 is 13.2 Å². The average molecular weight is 187 g/mol. The highest BCUT2D eigenvalue weighted by Gasteiger charge is 1.99. The molecule has 0 heterocycles. The molecule has 1 rings (SSSR count). The monoisotopic (exact) mass is 187 g/mol. The molecule has 1 aromatic rings. The van der Waals surface area contributed by atoms with Gasteiger partial charge in [-0.3, -0.25) is 4.21 Å². The van der Waals surface area contributed by atoms with E-state index in [4.69, 9.17) is 0 Å². The van der Waals surface area contributed by atoms with Crippen molar-refractivity contribution in [1.82, 2.24) is 0 Å². The van der Waals surface area contributed by atoms with Crippen LogP contribution in [0.3, 0.4) is 0 Å². The Labute approximate surface area is 72.7 Å². The highest BCUT2D eigenvalue weighted by molar-refractivity contribution is 7.78. The molecule has 0 aliphatic rings. The SMILES string of the molecule is Cc1ccc(F)cc1CS(=O)[O-]. The maximum atomic E-state index is 12.6. The first kappa shape index (κ1) is 9.35. The predicted octanol–water partition coefficient (Wildman–Crippen LogP) is 1.51. The molecule has 0 radical (unpaired) electrons. The lowest BCUT2D eigenvalue weighted by Crippen LogP contribution is -1.96. The van der Waals surface area contributed by atoms with Gasteiger partial charge < -0.3 is 4.55 Å². The minimum atomic E-state index is -2.15. The topological polar surface area (TPSA) is 40.1 Å². The summed E-state index contributed by atoms with van der Waals surface area (Å²) in [5, 5.41) is 0. The Morgan fingerprint density at radius 1 is 1.58 bits per heavy atom. The standard InChI is InChI=1S/C8H9FO2S/c1-6-2-3-8(9)4-7(6)5-12(10)11/h2-4H,5H2,1H3,(H,10,11)/p-1. The van der Waals surface area contributed by atoms with Gasteiger partial charge in [-0.15, -0.1) is 0 Å². The fourth-order valence-corrected chi connectivity index (χ4v) is 1.49. The summed E-state index contributed by atoms with van der Waals surface area (Å²) < 4.78 is 33.2. The van der Waals surface area contributed by atoms with Gasteiger partial charge in [0.15, 0.2) is 0 Å². The predicted molar refractivity (Wildman–Crippen MR) is 43.8 cm³/mol. The van der Waals surface area contributed by atoms with Crippen LogP contribution >= 0.6 is 0 Å². The number of rotatable bonds is 2. The fourth-order valence-electron chi connectivity index (χ4n) is 0.923. The van der Waals surface area contributed by atoms with E-state index in [9.17, 15) is 13.2 Å². The molecule has 0 N–H and O–H groups in total. The quantitative estimate of drug-likeness (QED) is 0.658. The summed E-state index contributed by atoms with van der Waals surface area (Å²) in [4.78, 5) is 0. The van der Waals surface area contributed by atoms with E-state index in [1.165, 1.54) is 12.1 Å². The molecule has 66 valence electrons. The maximum absolute atomic E-state index is 12.6. The van der Waals surface area contributed by atoms with Crippen molar-refractivity contribution in [1.29, 1.82) is 0 Å². The molecule has 0 aliphatic heterocycles. The van der Waals surface area contributed by atoms with Gasteiger partial charge in [-0.1, -0.05) is 17.1 Å². The van der Waals surface area contributed by atoms with Crippen molar-refractivity contribution >= 4 is 11.1 Å². The van der Waals surface area contributed by atoms with Gasteiger partial charge >= 0.3 is 0 Å². The second-order valence-corrected chi connectivity index (χ2v) is 3.42. The summed E-state index contributed by atoms with van der Waals surface area (Å²) >= 11 is -2.15. The van der Waals surface area contributed by atoms with Crippen LogP contribution in [0.15, 0.2) is 18.2 Å². The van der Waals surface area contributed by atoms with Crippen LogP contribution in [0.2, 0.25) is 0 Å². The Kier molecular flexibility index (Phi) is 2.94. The maximum Gasteiger partial charge on any atom is 0.123 e. The third-order valence-corrected chi connectivity index (χ3v) is 2.13. The van der Waals surface area contributed by atoms with Crippen molar-refractivity contribution in [2.45, 2.75) is 12.7 Å². The van der Waals surface area contributed by atoms with Gasteiger partial charge in [-0.2, -0.15) is 0 Å². The van der Waals surface area contributed by atoms with Gasteiger partial charge in [-0.05, 0) is 30.2 Å². The van der Waals surface area contributed by atoms with Crippen LogP contribution in [0.5, 0.6) is 0 Å².